The number of halogens is 2. The first-order valence-corrected chi connectivity index (χ1v) is 9.06. The summed E-state index contributed by atoms with van der Waals surface area (Å²) in [7, 11) is 0. The molecular weight excluding hydrogens is 417 g/mol. The first kappa shape index (κ1) is 22.9. The van der Waals surface area contributed by atoms with E-state index in [-0.39, 0.29) is 29.6 Å². The molecule has 0 saturated carbocycles. The van der Waals surface area contributed by atoms with Crippen LogP contribution >= 0.6 is 35.4 Å². The number of hydrazine groups is 1. The van der Waals surface area contributed by atoms with Gasteiger partial charge in [0, 0.05) is 11.4 Å². The van der Waals surface area contributed by atoms with Gasteiger partial charge in [-0.1, -0.05) is 23.2 Å². The molecule has 1 aromatic carbocycles. The van der Waals surface area contributed by atoms with Crippen molar-refractivity contribution in [2.45, 2.75) is 32.8 Å². The summed E-state index contributed by atoms with van der Waals surface area (Å²) in [6.07, 6.45) is -1.07. The van der Waals surface area contributed by atoms with Crippen LogP contribution in [-0.4, -0.2) is 35.6 Å². The van der Waals surface area contributed by atoms with Crippen molar-refractivity contribution in [1.29, 1.82) is 0 Å². The Morgan fingerprint density at radius 1 is 1.19 bits per heavy atom. The van der Waals surface area contributed by atoms with Crippen LogP contribution in [0.1, 0.15) is 26.7 Å². The summed E-state index contributed by atoms with van der Waals surface area (Å²) in [5.41, 5.74) is 4.66. The maximum absolute atomic E-state index is 12.0. The summed E-state index contributed by atoms with van der Waals surface area (Å²) in [5, 5.41) is 2.89. The lowest BCUT2D eigenvalue weighted by molar-refractivity contribution is -0.144. The molecule has 0 heterocycles. The maximum Gasteiger partial charge on any atom is 0.306 e. The van der Waals surface area contributed by atoms with Gasteiger partial charge in [0.2, 0.25) is 5.91 Å². The second kappa shape index (κ2) is 11.6. The van der Waals surface area contributed by atoms with Gasteiger partial charge in [0.25, 0.3) is 5.91 Å². The van der Waals surface area contributed by atoms with Crippen LogP contribution in [0.4, 0.5) is 0 Å². The Morgan fingerprint density at radius 2 is 1.89 bits per heavy atom. The molecule has 0 radical (unpaired) electrons. The number of hydrogen-bond donors (Lipinski definition) is 3. The molecule has 2 amide bonds. The number of carbonyl (C=O) groups excluding carboxylic acids is 3. The van der Waals surface area contributed by atoms with Crippen LogP contribution in [0.5, 0.6) is 5.75 Å². The average molecular weight is 436 g/mol. The summed E-state index contributed by atoms with van der Waals surface area (Å²) in [4.78, 5) is 34.8. The summed E-state index contributed by atoms with van der Waals surface area (Å²) in [6.45, 7) is 3.42. The molecule has 1 atom stereocenters. The van der Waals surface area contributed by atoms with Crippen LogP contribution in [0, 0.1) is 0 Å². The summed E-state index contributed by atoms with van der Waals surface area (Å²) in [6, 6.07) is 4.60. The van der Waals surface area contributed by atoms with Crippen molar-refractivity contribution in [2.75, 3.05) is 6.61 Å². The molecule has 8 nitrogen and oxygen atoms in total. The van der Waals surface area contributed by atoms with Crippen molar-refractivity contribution in [3.05, 3.63) is 28.2 Å². The first-order chi connectivity index (χ1) is 12.7. The standard InChI is InChI=1S/C16H19Cl2N3O5S/c1-3-25-14(23)7-6-13(22)19-16(27)21-20-15(24)9(2)26-12-5-4-10(17)8-11(12)18/h4-5,8-9H,3,6-7H2,1-2H3,(H,20,24)(H2,19,21,22,27). The van der Waals surface area contributed by atoms with E-state index in [4.69, 9.17) is 44.9 Å². The molecule has 0 bridgehead atoms. The van der Waals surface area contributed by atoms with Gasteiger partial charge in [-0.05, 0) is 44.3 Å². The number of ether oxygens (including phenoxy) is 2. The third-order valence-electron chi connectivity index (χ3n) is 2.98. The predicted octanol–water partition coefficient (Wildman–Crippen LogP) is 2.13. The summed E-state index contributed by atoms with van der Waals surface area (Å²) >= 11 is 16.7. The van der Waals surface area contributed by atoms with Crippen molar-refractivity contribution < 1.29 is 23.9 Å². The lowest BCUT2D eigenvalue weighted by atomic mass is 10.3. The number of amides is 2. The predicted molar refractivity (Wildman–Crippen MR) is 104 cm³/mol. The zero-order valence-electron chi connectivity index (χ0n) is 14.6. The second-order valence-electron chi connectivity index (χ2n) is 5.13. The molecule has 27 heavy (non-hydrogen) atoms. The number of carbonyl (C=O) groups is 3. The molecule has 11 heteroatoms. The average Bonchev–Trinajstić information content (AvgIpc) is 2.60. The van der Waals surface area contributed by atoms with E-state index in [0.717, 1.165) is 0 Å². The highest BCUT2D eigenvalue weighted by Crippen LogP contribution is 2.28. The smallest absolute Gasteiger partial charge is 0.306 e. The van der Waals surface area contributed by atoms with Crippen molar-refractivity contribution in [1.82, 2.24) is 16.2 Å². The van der Waals surface area contributed by atoms with E-state index in [9.17, 15) is 14.4 Å². The van der Waals surface area contributed by atoms with Crippen molar-refractivity contribution in [2.24, 2.45) is 0 Å². The maximum atomic E-state index is 12.0. The van der Waals surface area contributed by atoms with E-state index < -0.39 is 23.9 Å². The Labute approximate surface area is 171 Å². The fourth-order valence-electron chi connectivity index (χ4n) is 1.70. The highest BCUT2D eigenvalue weighted by atomic mass is 35.5. The SMILES string of the molecule is CCOC(=O)CCC(=O)NC(=S)NNC(=O)C(C)Oc1ccc(Cl)cc1Cl. The zero-order chi connectivity index (χ0) is 20.4. The van der Waals surface area contributed by atoms with Crippen LogP contribution in [0.25, 0.3) is 0 Å². The van der Waals surface area contributed by atoms with Gasteiger partial charge >= 0.3 is 5.97 Å². The zero-order valence-corrected chi connectivity index (χ0v) is 17.0. The fourth-order valence-corrected chi connectivity index (χ4v) is 2.32. The largest absolute Gasteiger partial charge is 0.479 e. The van der Waals surface area contributed by atoms with Gasteiger partial charge in [-0.2, -0.15) is 0 Å². The van der Waals surface area contributed by atoms with Gasteiger partial charge < -0.3 is 14.8 Å². The molecule has 0 aliphatic heterocycles. The lowest BCUT2D eigenvalue weighted by Crippen LogP contribution is -2.51. The Kier molecular flexibility index (Phi) is 9.84. The number of esters is 1. The number of thiocarbonyl (C=S) groups is 1. The Bertz CT molecular complexity index is 717. The molecule has 0 aromatic heterocycles. The second-order valence-corrected chi connectivity index (χ2v) is 6.38. The monoisotopic (exact) mass is 435 g/mol. The van der Waals surface area contributed by atoms with E-state index in [1.807, 2.05) is 0 Å². The van der Waals surface area contributed by atoms with Crippen molar-refractivity contribution >= 4 is 58.3 Å². The van der Waals surface area contributed by atoms with E-state index in [1.54, 1.807) is 13.0 Å². The molecule has 1 aromatic rings. The molecule has 148 valence electrons. The normalized spacial score (nSPS) is 11.1. The van der Waals surface area contributed by atoms with Gasteiger partial charge in [0.05, 0.1) is 18.1 Å². The van der Waals surface area contributed by atoms with Crippen LogP contribution in [0.3, 0.4) is 0 Å². The quantitative estimate of drug-likeness (QED) is 0.342. The van der Waals surface area contributed by atoms with E-state index in [2.05, 4.69) is 16.2 Å². The minimum absolute atomic E-state index is 0.0681. The topological polar surface area (TPSA) is 106 Å². The lowest BCUT2D eigenvalue weighted by Gasteiger charge is -2.17. The van der Waals surface area contributed by atoms with Crippen molar-refractivity contribution in [3.8, 4) is 5.75 Å². The molecule has 0 spiro atoms. The molecule has 1 unspecified atom stereocenters. The molecule has 0 fully saturated rings. The molecule has 0 aliphatic rings. The van der Waals surface area contributed by atoms with E-state index >= 15 is 0 Å². The third-order valence-corrected chi connectivity index (χ3v) is 3.72. The Hall–Kier alpha value is -2.10. The minimum Gasteiger partial charge on any atom is -0.479 e. The molecule has 3 N–H and O–H groups in total. The van der Waals surface area contributed by atoms with Crippen molar-refractivity contribution in [3.63, 3.8) is 0 Å². The molecule has 0 aliphatic carbocycles. The van der Waals surface area contributed by atoms with Gasteiger partial charge in [0.1, 0.15) is 5.75 Å². The number of nitrogens with one attached hydrogen (secondary N) is 3. The number of hydrogen-bond acceptors (Lipinski definition) is 6. The number of benzene rings is 1. The van der Waals surface area contributed by atoms with Gasteiger partial charge in [-0.15, -0.1) is 0 Å². The van der Waals surface area contributed by atoms with Gasteiger partial charge in [-0.25, -0.2) is 0 Å². The summed E-state index contributed by atoms with van der Waals surface area (Å²) < 4.78 is 10.1. The summed E-state index contributed by atoms with van der Waals surface area (Å²) in [5.74, 6) is -1.23. The van der Waals surface area contributed by atoms with Crippen LogP contribution in [-0.2, 0) is 19.1 Å². The highest BCUT2D eigenvalue weighted by Gasteiger charge is 2.17. The van der Waals surface area contributed by atoms with Crippen LogP contribution in [0.2, 0.25) is 10.0 Å². The van der Waals surface area contributed by atoms with E-state index in [0.29, 0.717) is 10.8 Å². The van der Waals surface area contributed by atoms with Gasteiger partial charge in [-0.3, -0.25) is 25.2 Å². The van der Waals surface area contributed by atoms with E-state index in [1.165, 1.54) is 19.1 Å². The molecule has 1 rings (SSSR count). The Balaban J connectivity index is 2.36. The van der Waals surface area contributed by atoms with Crippen LogP contribution < -0.4 is 20.9 Å². The third kappa shape index (κ3) is 8.89. The van der Waals surface area contributed by atoms with Gasteiger partial charge in [0.15, 0.2) is 11.2 Å². The van der Waals surface area contributed by atoms with Crippen LogP contribution in [0.15, 0.2) is 18.2 Å². The molecule has 0 saturated heterocycles. The highest BCUT2D eigenvalue weighted by molar-refractivity contribution is 7.80. The number of rotatable bonds is 7. The first-order valence-electron chi connectivity index (χ1n) is 7.90. The fraction of sp³-hybridized carbons (Fsp3) is 0.375. The minimum atomic E-state index is -0.904. The molecular formula is C16H19Cl2N3O5S. The Morgan fingerprint density at radius 3 is 2.52 bits per heavy atom.